The standard InChI is InChI=1S/C11H19N5O2/c1-3-8-10(12)15-7-16-11(8)14-6-9(17)13-4-5-18-2/h7H,3-6H2,1-2H3,(H,13,17)(H3,12,14,15,16). The zero-order valence-corrected chi connectivity index (χ0v) is 10.7. The van der Waals surface area contributed by atoms with Crippen LogP contribution >= 0.6 is 0 Å². The predicted octanol–water partition coefficient (Wildman–Crippen LogP) is -0.204. The van der Waals surface area contributed by atoms with Crippen molar-refractivity contribution in [1.29, 1.82) is 0 Å². The van der Waals surface area contributed by atoms with Crippen molar-refractivity contribution in [2.24, 2.45) is 0 Å². The van der Waals surface area contributed by atoms with Crippen LogP contribution in [0.25, 0.3) is 0 Å². The van der Waals surface area contributed by atoms with Crippen molar-refractivity contribution in [2.75, 3.05) is 37.9 Å². The highest BCUT2D eigenvalue weighted by molar-refractivity contribution is 5.80. The Hall–Kier alpha value is -1.89. The molecular weight excluding hydrogens is 234 g/mol. The Labute approximate surface area is 106 Å². The monoisotopic (exact) mass is 253 g/mol. The minimum absolute atomic E-state index is 0.119. The molecule has 0 bridgehead atoms. The zero-order valence-electron chi connectivity index (χ0n) is 10.7. The average molecular weight is 253 g/mol. The van der Waals surface area contributed by atoms with Gasteiger partial charge in [0, 0.05) is 19.2 Å². The summed E-state index contributed by atoms with van der Waals surface area (Å²) in [5, 5.41) is 5.65. The van der Waals surface area contributed by atoms with E-state index in [9.17, 15) is 4.79 Å². The summed E-state index contributed by atoms with van der Waals surface area (Å²) in [7, 11) is 1.58. The Morgan fingerprint density at radius 1 is 1.50 bits per heavy atom. The lowest BCUT2D eigenvalue weighted by atomic mass is 10.2. The summed E-state index contributed by atoms with van der Waals surface area (Å²) < 4.78 is 4.83. The number of hydrogen-bond acceptors (Lipinski definition) is 6. The maximum atomic E-state index is 11.5. The van der Waals surface area contributed by atoms with Crippen molar-refractivity contribution in [3.8, 4) is 0 Å². The quantitative estimate of drug-likeness (QED) is 0.581. The molecule has 0 spiro atoms. The number of carbonyl (C=O) groups is 1. The number of hydrogen-bond donors (Lipinski definition) is 3. The van der Waals surface area contributed by atoms with Crippen LogP contribution in [0.2, 0.25) is 0 Å². The molecule has 1 heterocycles. The highest BCUT2D eigenvalue weighted by Gasteiger charge is 2.08. The Morgan fingerprint density at radius 3 is 2.94 bits per heavy atom. The first-order valence-electron chi connectivity index (χ1n) is 5.77. The van der Waals surface area contributed by atoms with Crippen LogP contribution < -0.4 is 16.4 Å². The Morgan fingerprint density at radius 2 is 2.28 bits per heavy atom. The van der Waals surface area contributed by atoms with Gasteiger partial charge in [0.25, 0.3) is 0 Å². The average Bonchev–Trinajstić information content (AvgIpc) is 2.36. The molecule has 4 N–H and O–H groups in total. The van der Waals surface area contributed by atoms with Gasteiger partial charge in [-0.15, -0.1) is 0 Å². The van der Waals surface area contributed by atoms with Gasteiger partial charge in [0.2, 0.25) is 5.91 Å². The molecule has 18 heavy (non-hydrogen) atoms. The normalized spacial score (nSPS) is 10.1. The summed E-state index contributed by atoms with van der Waals surface area (Å²) in [5.41, 5.74) is 6.55. The SMILES string of the molecule is CCc1c(N)ncnc1NCC(=O)NCCOC. The summed E-state index contributed by atoms with van der Waals surface area (Å²) in [4.78, 5) is 19.5. The second-order valence-electron chi connectivity index (χ2n) is 3.64. The van der Waals surface area contributed by atoms with E-state index in [2.05, 4.69) is 20.6 Å². The van der Waals surface area contributed by atoms with Crippen molar-refractivity contribution in [1.82, 2.24) is 15.3 Å². The molecular formula is C11H19N5O2. The molecule has 1 aromatic heterocycles. The molecule has 7 nitrogen and oxygen atoms in total. The fraction of sp³-hybridized carbons (Fsp3) is 0.545. The summed E-state index contributed by atoms with van der Waals surface area (Å²) >= 11 is 0. The highest BCUT2D eigenvalue weighted by atomic mass is 16.5. The predicted molar refractivity (Wildman–Crippen MR) is 69.2 cm³/mol. The fourth-order valence-corrected chi connectivity index (χ4v) is 1.45. The molecule has 0 atom stereocenters. The van der Waals surface area contributed by atoms with Gasteiger partial charge in [-0.3, -0.25) is 4.79 Å². The van der Waals surface area contributed by atoms with Crippen molar-refractivity contribution < 1.29 is 9.53 Å². The highest BCUT2D eigenvalue weighted by Crippen LogP contribution is 2.16. The molecule has 0 aliphatic heterocycles. The van der Waals surface area contributed by atoms with Crippen LogP contribution in [0, 0.1) is 0 Å². The van der Waals surface area contributed by atoms with Gasteiger partial charge in [0.15, 0.2) is 0 Å². The summed E-state index contributed by atoms with van der Waals surface area (Å²) in [6.45, 7) is 3.09. The lowest BCUT2D eigenvalue weighted by Crippen LogP contribution is -2.32. The first-order valence-corrected chi connectivity index (χ1v) is 5.77. The third kappa shape index (κ3) is 4.17. The number of nitrogen functional groups attached to an aromatic ring is 1. The summed E-state index contributed by atoms with van der Waals surface area (Å²) in [6.07, 6.45) is 2.08. The largest absolute Gasteiger partial charge is 0.383 e. The number of amides is 1. The van der Waals surface area contributed by atoms with E-state index in [-0.39, 0.29) is 12.5 Å². The van der Waals surface area contributed by atoms with Crippen LogP contribution in [0.4, 0.5) is 11.6 Å². The minimum Gasteiger partial charge on any atom is -0.383 e. The molecule has 100 valence electrons. The number of nitrogens with zero attached hydrogens (tertiary/aromatic N) is 2. The molecule has 0 fully saturated rings. The van der Waals surface area contributed by atoms with E-state index in [0.717, 1.165) is 5.56 Å². The van der Waals surface area contributed by atoms with Crippen molar-refractivity contribution in [2.45, 2.75) is 13.3 Å². The smallest absolute Gasteiger partial charge is 0.239 e. The number of methoxy groups -OCH3 is 1. The van der Waals surface area contributed by atoms with Crippen LogP contribution in [0.3, 0.4) is 0 Å². The second kappa shape index (κ2) is 7.44. The number of ether oxygens (including phenoxy) is 1. The topological polar surface area (TPSA) is 102 Å². The van der Waals surface area contributed by atoms with E-state index < -0.39 is 0 Å². The van der Waals surface area contributed by atoms with Gasteiger partial charge in [-0.25, -0.2) is 9.97 Å². The first kappa shape index (κ1) is 14.2. The van der Waals surface area contributed by atoms with Crippen LogP contribution in [0.1, 0.15) is 12.5 Å². The van der Waals surface area contributed by atoms with E-state index in [1.165, 1.54) is 6.33 Å². The molecule has 0 radical (unpaired) electrons. The molecule has 0 aliphatic rings. The maximum absolute atomic E-state index is 11.5. The number of carbonyl (C=O) groups excluding carboxylic acids is 1. The van der Waals surface area contributed by atoms with Crippen LogP contribution in [0.15, 0.2) is 6.33 Å². The van der Waals surface area contributed by atoms with Crippen LogP contribution in [0.5, 0.6) is 0 Å². The minimum atomic E-state index is -0.119. The number of nitrogens with two attached hydrogens (primary N) is 1. The number of rotatable bonds is 7. The fourth-order valence-electron chi connectivity index (χ4n) is 1.45. The molecule has 1 amide bonds. The van der Waals surface area contributed by atoms with Gasteiger partial charge in [-0.2, -0.15) is 0 Å². The van der Waals surface area contributed by atoms with E-state index in [1.54, 1.807) is 7.11 Å². The first-order chi connectivity index (χ1) is 8.69. The number of aromatic nitrogens is 2. The maximum Gasteiger partial charge on any atom is 0.239 e. The molecule has 0 saturated carbocycles. The van der Waals surface area contributed by atoms with Crippen molar-refractivity contribution in [3.05, 3.63) is 11.9 Å². The second-order valence-corrected chi connectivity index (χ2v) is 3.64. The molecule has 7 heteroatoms. The zero-order chi connectivity index (χ0) is 13.4. The Bertz CT molecular complexity index is 397. The lowest BCUT2D eigenvalue weighted by Gasteiger charge is -2.11. The molecule has 0 aromatic carbocycles. The van der Waals surface area contributed by atoms with Gasteiger partial charge in [-0.05, 0) is 6.42 Å². The van der Waals surface area contributed by atoms with Crippen molar-refractivity contribution in [3.63, 3.8) is 0 Å². The van der Waals surface area contributed by atoms with Gasteiger partial charge in [0.05, 0.1) is 13.2 Å². The third-order valence-corrected chi connectivity index (χ3v) is 2.38. The summed E-state index contributed by atoms with van der Waals surface area (Å²) in [5.74, 6) is 0.924. The van der Waals surface area contributed by atoms with Crippen LogP contribution in [-0.2, 0) is 16.0 Å². The van der Waals surface area contributed by atoms with Gasteiger partial charge < -0.3 is 21.1 Å². The summed E-state index contributed by atoms with van der Waals surface area (Å²) in [6, 6.07) is 0. The van der Waals surface area contributed by atoms with Crippen LogP contribution in [-0.4, -0.2) is 42.7 Å². The Kier molecular flexibility index (Phi) is 5.86. The van der Waals surface area contributed by atoms with E-state index >= 15 is 0 Å². The lowest BCUT2D eigenvalue weighted by molar-refractivity contribution is -0.119. The molecule has 1 rings (SSSR count). The third-order valence-electron chi connectivity index (χ3n) is 2.38. The Balaban J connectivity index is 2.48. The van der Waals surface area contributed by atoms with Gasteiger partial charge in [0.1, 0.15) is 18.0 Å². The van der Waals surface area contributed by atoms with E-state index in [4.69, 9.17) is 10.5 Å². The molecule has 1 aromatic rings. The molecule has 0 saturated heterocycles. The molecule has 0 aliphatic carbocycles. The van der Waals surface area contributed by atoms with Gasteiger partial charge >= 0.3 is 0 Å². The number of nitrogens with one attached hydrogen (secondary N) is 2. The molecule has 0 unspecified atom stereocenters. The number of anilines is 2. The van der Waals surface area contributed by atoms with Gasteiger partial charge in [-0.1, -0.05) is 6.92 Å². The van der Waals surface area contributed by atoms with E-state index in [1.807, 2.05) is 6.92 Å². The van der Waals surface area contributed by atoms with Crippen molar-refractivity contribution >= 4 is 17.5 Å². The van der Waals surface area contributed by atoms with E-state index in [0.29, 0.717) is 31.2 Å².